The first-order chi connectivity index (χ1) is 16.2. The summed E-state index contributed by atoms with van der Waals surface area (Å²) in [6, 6.07) is 20.8. The van der Waals surface area contributed by atoms with Crippen LogP contribution in [0.15, 0.2) is 60.7 Å². The maximum atomic E-state index is 12.8. The Morgan fingerprint density at radius 1 is 1.03 bits per heavy atom. The van der Waals surface area contributed by atoms with Crippen LogP contribution >= 0.6 is 0 Å². The van der Waals surface area contributed by atoms with Crippen LogP contribution in [0.4, 0.5) is 4.79 Å². The summed E-state index contributed by atoms with van der Waals surface area (Å²) in [4.78, 5) is 17.2. The second-order valence-corrected chi connectivity index (χ2v) is 8.92. The molecule has 0 aromatic heterocycles. The van der Waals surface area contributed by atoms with E-state index in [-0.39, 0.29) is 18.2 Å². The molecule has 1 aliphatic rings. The molecule has 5 heteroatoms. The first kappa shape index (κ1) is 25.3. The first-order valence-corrected chi connectivity index (χ1v) is 12.7. The fourth-order valence-corrected chi connectivity index (χ4v) is 4.45. The van der Waals surface area contributed by atoms with Gasteiger partial charge >= 0.3 is 6.03 Å². The molecule has 0 saturated carbocycles. The van der Waals surface area contributed by atoms with Gasteiger partial charge in [-0.1, -0.05) is 80.9 Å². The first-order valence-electron chi connectivity index (χ1n) is 12.7. The summed E-state index contributed by atoms with van der Waals surface area (Å²) in [6.45, 7) is 9.85. The van der Waals surface area contributed by atoms with Crippen molar-refractivity contribution in [2.75, 3.05) is 39.3 Å². The lowest BCUT2D eigenvalue weighted by atomic mass is 10.0. The number of hydrogen-bond acceptors (Lipinski definition) is 3. The van der Waals surface area contributed by atoms with E-state index in [0.29, 0.717) is 6.54 Å². The summed E-state index contributed by atoms with van der Waals surface area (Å²) in [5.41, 5.74) is 2.29. The minimum Gasteiger partial charge on any atom is -0.364 e. The van der Waals surface area contributed by atoms with Crippen molar-refractivity contribution >= 4 is 6.03 Å². The number of likely N-dealkylation sites (tertiary alicyclic amines) is 1. The average Bonchev–Trinajstić information content (AvgIpc) is 2.88. The normalized spacial score (nSPS) is 16.4. The van der Waals surface area contributed by atoms with Crippen LogP contribution < -0.4 is 5.32 Å². The molecule has 1 saturated heterocycles. The number of piperidine rings is 1. The highest BCUT2D eigenvalue weighted by molar-refractivity contribution is 5.74. The van der Waals surface area contributed by atoms with Crippen LogP contribution in [-0.2, 0) is 4.74 Å². The van der Waals surface area contributed by atoms with E-state index in [2.05, 4.69) is 72.6 Å². The van der Waals surface area contributed by atoms with Crippen molar-refractivity contribution in [1.29, 1.82) is 0 Å². The van der Waals surface area contributed by atoms with Crippen molar-refractivity contribution in [3.63, 3.8) is 0 Å². The zero-order chi connectivity index (χ0) is 23.3. The third-order valence-electron chi connectivity index (χ3n) is 6.40. The van der Waals surface area contributed by atoms with Crippen LogP contribution in [0.2, 0.25) is 0 Å². The van der Waals surface area contributed by atoms with Crippen molar-refractivity contribution in [2.24, 2.45) is 0 Å². The Morgan fingerprint density at radius 3 is 2.27 bits per heavy atom. The number of hydrogen-bond donors (Lipinski definition) is 1. The van der Waals surface area contributed by atoms with Crippen molar-refractivity contribution in [3.8, 4) is 0 Å². The molecular weight excluding hydrogens is 410 g/mol. The molecule has 5 nitrogen and oxygen atoms in total. The maximum absolute atomic E-state index is 12.8. The van der Waals surface area contributed by atoms with Gasteiger partial charge in [0, 0.05) is 19.6 Å². The van der Waals surface area contributed by atoms with Crippen molar-refractivity contribution in [2.45, 2.75) is 58.2 Å². The number of nitrogens with one attached hydrogen (secondary N) is 1. The highest BCUT2D eigenvalue weighted by Crippen LogP contribution is 2.29. The van der Waals surface area contributed by atoms with E-state index in [0.717, 1.165) is 63.1 Å². The van der Waals surface area contributed by atoms with Crippen molar-refractivity contribution in [1.82, 2.24) is 15.1 Å². The summed E-state index contributed by atoms with van der Waals surface area (Å²) < 4.78 is 6.62. The minimum atomic E-state index is -0.122. The number of carbonyl (C=O) groups excluding carboxylic acids is 1. The van der Waals surface area contributed by atoms with Crippen molar-refractivity contribution < 1.29 is 9.53 Å². The molecule has 1 atom stereocenters. The van der Waals surface area contributed by atoms with Gasteiger partial charge in [0.15, 0.2) is 0 Å². The molecule has 0 bridgehead atoms. The maximum Gasteiger partial charge on any atom is 0.317 e. The summed E-state index contributed by atoms with van der Waals surface area (Å²) in [7, 11) is 0. The quantitative estimate of drug-likeness (QED) is 0.435. The lowest BCUT2D eigenvalue weighted by Gasteiger charge is -2.35. The second kappa shape index (κ2) is 14.0. The zero-order valence-corrected chi connectivity index (χ0v) is 20.4. The SMILES string of the molecule is CCCCN(CC)CCCNC(=O)N1CCCC(OC(c2ccccc2)c2ccccc2)C1. The van der Waals surface area contributed by atoms with Gasteiger partial charge in [0.05, 0.1) is 6.10 Å². The molecule has 0 spiro atoms. The molecule has 2 amide bonds. The molecule has 1 unspecified atom stereocenters. The second-order valence-electron chi connectivity index (χ2n) is 8.92. The summed E-state index contributed by atoms with van der Waals surface area (Å²) >= 11 is 0. The minimum absolute atomic E-state index is 0.0274. The van der Waals surface area contributed by atoms with Gasteiger partial charge in [0.1, 0.15) is 6.10 Å². The molecule has 2 aromatic carbocycles. The van der Waals surface area contributed by atoms with Crippen LogP contribution in [0.3, 0.4) is 0 Å². The van der Waals surface area contributed by atoms with Gasteiger partial charge < -0.3 is 19.9 Å². The Balaban J connectivity index is 1.51. The molecule has 1 heterocycles. The largest absolute Gasteiger partial charge is 0.364 e. The highest BCUT2D eigenvalue weighted by atomic mass is 16.5. The fourth-order valence-electron chi connectivity index (χ4n) is 4.45. The number of ether oxygens (including phenoxy) is 1. The van der Waals surface area contributed by atoms with Crippen LogP contribution in [0, 0.1) is 0 Å². The van der Waals surface area contributed by atoms with Gasteiger partial charge in [-0.05, 0) is 56.4 Å². The van der Waals surface area contributed by atoms with E-state index in [1.165, 1.54) is 12.8 Å². The Kier molecular flexibility index (Phi) is 10.7. The van der Waals surface area contributed by atoms with Gasteiger partial charge in [0.2, 0.25) is 0 Å². The Bertz CT molecular complexity index is 760. The van der Waals surface area contributed by atoms with Crippen LogP contribution in [0.25, 0.3) is 0 Å². The lowest BCUT2D eigenvalue weighted by molar-refractivity contribution is -0.0250. The zero-order valence-electron chi connectivity index (χ0n) is 20.4. The fraction of sp³-hybridized carbons (Fsp3) is 0.536. The van der Waals surface area contributed by atoms with Gasteiger partial charge in [-0.15, -0.1) is 0 Å². The van der Waals surface area contributed by atoms with E-state index < -0.39 is 0 Å². The van der Waals surface area contributed by atoms with Gasteiger partial charge in [0.25, 0.3) is 0 Å². The molecule has 0 aliphatic carbocycles. The third-order valence-corrected chi connectivity index (χ3v) is 6.40. The van der Waals surface area contributed by atoms with E-state index >= 15 is 0 Å². The van der Waals surface area contributed by atoms with Gasteiger partial charge in [-0.25, -0.2) is 4.79 Å². The Labute approximate surface area is 200 Å². The van der Waals surface area contributed by atoms with Crippen LogP contribution in [-0.4, -0.2) is 61.2 Å². The van der Waals surface area contributed by atoms with E-state index in [9.17, 15) is 4.79 Å². The monoisotopic (exact) mass is 451 g/mol. The number of nitrogens with zero attached hydrogens (tertiary/aromatic N) is 2. The number of rotatable bonds is 12. The average molecular weight is 452 g/mol. The smallest absolute Gasteiger partial charge is 0.317 e. The molecule has 3 rings (SSSR count). The van der Waals surface area contributed by atoms with E-state index in [1.54, 1.807) is 0 Å². The molecule has 1 aliphatic heterocycles. The summed E-state index contributed by atoms with van der Waals surface area (Å²) in [5, 5.41) is 3.13. The van der Waals surface area contributed by atoms with Crippen LogP contribution in [0.5, 0.6) is 0 Å². The summed E-state index contributed by atoms with van der Waals surface area (Å²) in [6.07, 6.45) is 5.30. The number of amides is 2. The predicted molar refractivity (Wildman–Crippen MR) is 135 cm³/mol. The molecule has 180 valence electrons. The standard InChI is InChI=1S/C28H41N3O2/c1-3-5-20-30(4-2)21-13-19-29-28(32)31-22-12-18-26(23-31)33-27(24-14-8-6-9-15-24)25-16-10-7-11-17-25/h6-11,14-17,26-27H,3-5,12-13,18-23H2,1-2H3,(H,29,32). The number of carbonyl (C=O) groups is 1. The molecule has 1 fully saturated rings. The molecule has 33 heavy (non-hydrogen) atoms. The Hall–Kier alpha value is -2.37. The number of unbranched alkanes of at least 4 members (excludes halogenated alkanes) is 1. The van der Waals surface area contributed by atoms with Crippen molar-refractivity contribution in [3.05, 3.63) is 71.8 Å². The molecule has 0 radical (unpaired) electrons. The highest BCUT2D eigenvalue weighted by Gasteiger charge is 2.27. The molecular formula is C28H41N3O2. The van der Waals surface area contributed by atoms with E-state index in [4.69, 9.17) is 4.74 Å². The Morgan fingerprint density at radius 2 is 1.67 bits per heavy atom. The molecule has 2 aromatic rings. The van der Waals surface area contributed by atoms with Crippen LogP contribution in [0.1, 0.15) is 63.2 Å². The topological polar surface area (TPSA) is 44.8 Å². The number of urea groups is 1. The van der Waals surface area contributed by atoms with Gasteiger partial charge in [-0.3, -0.25) is 0 Å². The number of benzene rings is 2. The third kappa shape index (κ3) is 8.17. The van der Waals surface area contributed by atoms with Gasteiger partial charge in [-0.2, -0.15) is 0 Å². The van der Waals surface area contributed by atoms with E-state index in [1.807, 2.05) is 17.0 Å². The lowest BCUT2D eigenvalue weighted by Crippen LogP contribution is -2.48. The predicted octanol–water partition coefficient (Wildman–Crippen LogP) is 5.48. The summed E-state index contributed by atoms with van der Waals surface area (Å²) in [5.74, 6) is 0. The molecule has 1 N–H and O–H groups in total.